The Morgan fingerprint density at radius 3 is 2.79 bits per heavy atom. The number of hydrogen-bond acceptors (Lipinski definition) is 3. The minimum Gasteiger partial charge on any atom is -0.340 e. The Kier molecular flexibility index (Phi) is 4.73. The van der Waals surface area contributed by atoms with Crippen LogP contribution in [-0.2, 0) is 4.79 Å². The van der Waals surface area contributed by atoms with Gasteiger partial charge in [-0.2, -0.15) is 10.2 Å². The van der Waals surface area contributed by atoms with Crippen LogP contribution in [0.3, 0.4) is 0 Å². The standard InChI is InChI=1S/C18H27N5O/c1-13-10-19-22(11-13)17-6-5-7-21(12-17)18(24)9-16(4)23-15(3)8-14(2)20-23/h8,10-11,16-17H,5-7,9,12H2,1-4H3. The lowest BCUT2D eigenvalue weighted by atomic mass is 10.0. The van der Waals surface area contributed by atoms with Gasteiger partial charge in [0.15, 0.2) is 0 Å². The van der Waals surface area contributed by atoms with Crippen LogP contribution in [0.4, 0.5) is 0 Å². The van der Waals surface area contributed by atoms with Crippen molar-refractivity contribution in [1.82, 2.24) is 24.5 Å². The molecule has 0 aromatic carbocycles. The van der Waals surface area contributed by atoms with Crippen LogP contribution in [0, 0.1) is 20.8 Å². The second-order valence-electron chi connectivity index (χ2n) is 7.06. The van der Waals surface area contributed by atoms with Gasteiger partial charge in [-0.25, -0.2) is 0 Å². The smallest absolute Gasteiger partial charge is 0.224 e. The fourth-order valence-corrected chi connectivity index (χ4v) is 3.59. The summed E-state index contributed by atoms with van der Waals surface area (Å²) in [5.74, 6) is 0.212. The summed E-state index contributed by atoms with van der Waals surface area (Å²) in [4.78, 5) is 14.7. The molecule has 2 aromatic rings. The van der Waals surface area contributed by atoms with Gasteiger partial charge in [-0.15, -0.1) is 0 Å². The molecule has 24 heavy (non-hydrogen) atoms. The Morgan fingerprint density at radius 2 is 2.17 bits per heavy atom. The summed E-state index contributed by atoms with van der Waals surface area (Å²) in [6.45, 7) is 9.74. The maximum Gasteiger partial charge on any atom is 0.224 e. The number of piperidine rings is 1. The predicted molar refractivity (Wildman–Crippen MR) is 92.8 cm³/mol. The van der Waals surface area contributed by atoms with Gasteiger partial charge in [-0.05, 0) is 52.2 Å². The van der Waals surface area contributed by atoms with Gasteiger partial charge in [0.25, 0.3) is 0 Å². The van der Waals surface area contributed by atoms with Crippen LogP contribution in [0.1, 0.15) is 55.2 Å². The zero-order valence-corrected chi connectivity index (χ0v) is 15.1. The van der Waals surface area contributed by atoms with Gasteiger partial charge in [0.05, 0.1) is 24.0 Å². The van der Waals surface area contributed by atoms with Crippen LogP contribution in [0.5, 0.6) is 0 Å². The molecule has 6 nitrogen and oxygen atoms in total. The summed E-state index contributed by atoms with van der Waals surface area (Å²) < 4.78 is 3.98. The number of nitrogens with zero attached hydrogens (tertiary/aromatic N) is 5. The molecular formula is C18H27N5O. The zero-order valence-electron chi connectivity index (χ0n) is 15.1. The van der Waals surface area contributed by atoms with Gasteiger partial charge >= 0.3 is 0 Å². The van der Waals surface area contributed by atoms with E-state index in [9.17, 15) is 4.79 Å². The summed E-state index contributed by atoms with van der Waals surface area (Å²) in [7, 11) is 0. The molecule has 1 aliphatic heterocycles. The predicted octanol–water partition coefficient (Wildman–Crippen LogP) is 2.82. The van der Waals surface area contributed by atoms with Crippen molar-refractivity contribution in [1.29, 1.82) is 0 Å². The summed E-state index contributed by atoms with van der Waals surface area (Å²) in [6.07, 6.45) is 6.55. The number of carbonyl (C=O) groups excluding carboxylic acids is 1. The highest BCUT2D eigenvalue weighted by Crippen LogP contribution is 2.23. The number of amides is 1. The highest BCUT2D eigenvalue weighted by atomic mass is 16.2. The van der Waals surface area contributed by atoms with Crippen LogP contribution < -0.4 is 0 Å². The normalized spacial score (nSPS) is 19.5. The van der Waals surface area contributed by atoms with E-state index in [1.165, 1.54) is 0 Å². The highest BCUT2D eigenvalue weighted by Gasteiger charge is 2.26. The minimum absolute atomic E-state index is 0.0820. The minimum atomic E-state index is 0.0820. The molecule has 130 valence electrons. The largest absolute Gasteiger partial charge is 0.340 e. The molecule has 6 heteroatoms. The molecule has 0 bridgehead atoms. The number of likely N-dealkylation sites (tertiary alicyclic amines) is 1. The number of carbonyl (C=O) groups is 1. The van der Waals surface area contributed by atoms with E-state index < -0.39 is 0 Å². The monoisotopic (exact) mass is 329 g/mol. The van der Waals surface area contributed by atoms with E-state index in [1.54, 1.807) is 0 Å². The maximum absolute atomic E-state index is 12.7. The average Bonchev–Trinajstić information content (AvgIpc) is 3.12. The molecule has 1 aliphatic rings. The van der Waals surface area contributed by atoms with E-state index in [0.29, 0.717) is 12.5 Å². The van der Waals surface area contributed by atoms with Crippen molar-refractivity contribution in [3.63, 3.8) is 0 Å². The number of aromatic nitrogens is 4. The molecule has 1 amide bonds. The molecular weight excluding hydrogens is 302 g/mol. The molecule has 2 atom stereocenters. The van der Waals surface area contributed by atoms with Crippen molar-refractivity contribution in [3.05, 3.63) is 35.4 Å². The summed E-state index contributed by atoms with van der Waals surface area (Å²) in [5.41, 5.74) is 3.27. The van der Waals surface area contributed by atoms with Crippen molar-refractivity contribution < 1.29 is 4.79 Å². The van der Waals surface area contributed by atoms with Crippen LogP contribution >= 0.6 is 0 Å². The third kappa shape index (κ3) is 3.52. The van der Waals surface area contributed by atoms with Crippen LogP contribution in [0.15, 0.2) is 18.5 Å². The van der Waals surface area contributed by atoms with Crippen molar-refractivity contribution in [3.8, 4) is 0 Å². The first kappa shape index (κ1) is 16.7. The molecule has 0 radical (unpaired) electrons. The van der Waals surface area contributed by atoms with E-state index in [4.69, 9.17) is 0 Å². The summed E-state index contributed by atoms with van der Waals surface area (Å²) >= 11 is 0. The molecule has 2 unspecified atom stereocenters. The molecule has 3 rings (SSSR count). The molecule has 3 heterocycles. The van der Waals surface area contributed by atoms with Gasteiger partial charge in [0.2, 0.25) is 5.91 Å². The highest BCUT2D eigenvalue weighted by molar-refractivity contribution is 5.76. The van der Waals surface area contributed by atoms with E-state index in [2.05, 4.69) is 29.4 Å². The Balaban J connectivity index is 1.63. The van der Waals surface area contributed by atoms with Crippen LogP contribution in [0.25, 0.3) is 0 Å². The lowest BCUT2D eigenvalue weighted by Crippen LogP contribution is -2.41. The third-order valence-electron chi connectivity index (χ3n) is 4.79. The van der Waals surface area contributed by atoms with Gasteiger partial charge in [0, 0.05) is 31.4 Å². The number of hydrogen-bond donors (Lipinski definition) is 0. The van der Waals surface area contributed by atoms with Gasteiger partial charge in [-0.1, -0.05) is 0 Å². The number of rotatable bonds is 4. The molecule has 0 aliphatic carbocycles. The van der Waals surface area contributed by atoms with Crippen LogP contribution in [-0.4, -0.2) is 43.5 Å². The third-order valence-corrected chi connectivity index (χ3v) is 4.79. The maximum atomic E-state index is 12.7. The fourth-order valence-electron chi connectivity index (χ4n) is 3.59. The summed E-state index contributed by atoms with van der Waals surface area (Å²) in [5, 5.41) is 8.93. The van der Waals surface area contributed by atoms with Crippen molar-refractivity contribution in [2.24, 2.45) is 0 Å². The lowest BCUT2D eigenvalue weighted by Gasteiger charge is -2.33. The quantitative estimate of drug-likeness (QED) is 0.867. The molecule has 1 saturated heterocycles. The zero-order chi connectivity index (χ0) is 17.3. The van der Waals surface area contributed by atoms with Crippen molar-refractivity contribution in [2.75, 3.05) is 13.1 Å². The molecule has 0 saturated carbocycles. The van der Waals surface area contributed by atoms with Gasteiger partial charge in [-0.3, -0.25) is 14.2 Å². The number of aryl methyl sites for hydroxylation is 3. The first-order chi connectivity index (χ1) is 11.4. The van der Waals surface area contributed by atoms with E-state index in [-0.39, 0.29) is 11.9 Å². The average molecular weight is 329 g/mol. The second-order valence-corrected chi connectivity index (χ2v) is 7.06. The van der Waals surface area contributed by atoms with Crippen molar-refractivity contribution in [2.45, 2.75) is 59.0 Å². The Hall–Kier alpha value is -2.11. The summed E-state index contributed by atoms with van der Waals surface area (Å²) in [6, 6.07) is 2.43. The van der Waals surface area contributed by atoms with E-state index >= 15 is 0 Å². The Bertz CT molecular complexity index is 717. The molecule has 0 N–H and O–H groups in total. The van der Waals surface area contributed by atoms with E-state index in [0.717, 1.165) is 42.9 Å². The SMILES string of the molecule is Cc1cnn(C2CCCN(C(=O)CC(C)n3nc(C)cc3C)C2)c1. The fraction of sp³-hybridized carbons (Fsp3) is 0.611. The topological polar surface area (TPSA) is 56.0 Å². The van der Waals surface area contributed by atoms with Gasteiger partial charge < -0.3 is 4.90 Å². The first-order valence-electron chi connectivity index (χ1n) is 8.75. The van der Waals surface area contributed by atoms with Crippen molar-refractivity contribution >= 4 is 5.91 Å². The molecule has 2 aromatic heterocycles. The molecule has 0 spiro atoms. The molecule has 1 fully saturated rings. The lowest BCUT2D eigenvalue weighted by molar-refractivity contribution is -0.133. The van der Waals surface area contributed by atoms with Gasteiger partial charge in [0.1, 0.15) is 0 Å². The second kappa shape index (κ2) is 6.79. The van der Waals surface area contributed by atoms with Crippen LogP contribution in [0.2, 0.25) is 0 Å². The Morgan fingerprint density at radius 1 is 1.38 bits per heavy atom. The first-order valence-corrected chi connectivity index (χ1v) is 8.75. The Labute approximate surface area is 143 Å². The van der Waals surface area contributed by atoms with E-state index in [1.807, 2.05) is 41.2 Å².